The second-order valence-electron chi connectivity index (χ2n) is 13.3. The normalized spacial score (nSPS) is 18.8. The number of pyridine rings is 1. The molecule has 2 aromatic heterocycles. The molecular weight excluding hydrogens is 594 g/mol. The maximum atomic E-state index is 8.66. The number of benzene rings is 2. The van der Waals surface area contributed by atoms with Gasteiger partial charge in [-0.25, -0.2) is 9.67 Å². The highest BCUT2D eigenvalue weighted by Gasteiger charge is 2.25. The van der Waals surface area contributed by atoms with Crippen molar-refractivity contribution in [2.24, 2.45) is 0 Å². The Balaban J connectivity index is 1.40. The Morgan fingerprint density at radius 1 is 0.875 bits per heavy atom. The highest BCUT2D eigenvalue weighted by atomic mass is 16.5. The monoisotopic (exact) mass is 645 g/mol. The summed E-state index contributed by atoms with van der Waals surface area (Å²) in [6.07, 6.45) is 7.89. The lowest BCUT2D eigenvalue weighted by Crippen LogP contribution is -2.34. The molecule has 0 amide bonds. The summed E-state index contributed by atoms with van der Waals surface area (Å²) in [6, 6.07) is 19.6. The predicted octanol–water partition coefficient (Wildman–Crippen LogP) is 9.74. The predicted molar refractivity (Wildman–Crippen MR) is 196 cm³/mol. The molecule has 48 heavy (non-hydrogen) atoms. The Hall–Kier alpha value is -4.07. The lowest BCUT2D eigenvalue weighted by atomic mass is 9.91. The van der Waals surface area contributed by atoms with E-state index in [2.05, 4.69) is 99.2 Å². The third kappa shape index (κ3) is 7.03. The number of allylic oxidation sites excluding steroid dienone is 1. The van der Waals surface area contributed by atoms with Crippen LogP contribution in [-0.2, 0) is 15.9 Å². The van der Waals surface area contributed by atoms with Crippen molar-refractivity contribution in [1.82, 2.24) is 20.1 Å². The zero-order valence-corrected chi connectivity index (χ0v) is 29.6. The van der Waals surface area contributed by atoms with E-state index in [1.807, 2.05) is 6.92 Å². The number of nitrogens with zero attached hydrogens (tertiary/aromatic N) is 3. The summed E-state index contributed by atoms with van der Waals surface area (Å²) in [7, 11) is 0. The van der Waals surface area contributed by atoms with Crippen LogP contribution in [0.5, 0.6) is 0 Å². The summed E-state index contributed by atoms with van der Waals surface area (Å²) < 4.78 is 14.4. The lowest BCUT2D eigenvalue weighted by Gasteiger charge is -2.27. The molecule has 2 saturated heterocycles. The molecule has 2 N–H and O–H groups in total. The number of ether oxygens (including phenoxy) is 2. The van der Waals surface area contributed by atoms with Crippen LogP contribution in [0, 0.1) is 26.2 Å². The molecule has 0 spiro atoms. The summed E-state index contributed by atoms with van der Waals surface area (Å²) >= 11 is 0. The van der Waals surface area contributed by atoms with Crippen molar-refractivity contribution in [2.45, 2.75) is 105 Å². The maximum absolute atomic E-state index is 8.66. The fraction of sp³-hybridized carbons (Fsp3) is 0.439. The number of aryl methyl sites for hydroxylation is 3. The van der Waals surface area contributed by atoms with Crippen LogP contribution in [0.3, 0.4) is 0 Å². The van der Waals surface area contributed by atoms with Gasteiger partial charge < -0.3 is 20.2 Å². The van der Waals surface area contributed by atoms with Gasteiger partial charge in [-0.1, -0.05) is 44.2 Å². The van der Waals surface area contributed by atoms with Gasteiger partial charge in [0.2, 0.25) is 0 Å². The Bertz CT molecular complexity index is 1810. The molecule has 252 valence electrons. The van der Waals surface area contributed by atoms with E-state index in [9.17, 15) is 0 Å². The minimum absolute atomic E-state index is 0.0406. The van der Waals surface area contributed by atoms with Gasteiger partial charge in [0.25, 0.3) is 0 Å². The molecule has 7 heteroatoms. The fourth-order valence-corrected chi connectivity index (χ4v) is 7.17. The van der Waals surface area contributed by atoms with Crippen LogP contribution >= 0.6 is 0 Å². The van der Waals surface area contributed by atoms with Gasteiger partial charge in [0.1, 0.15) is 6.23 Å². The van der Waals surface area contributed by atoms with E-state index in [1.165, 1.54) is 22.3 Å². The van der Waals surface area contributed by atoms with Crippen LogP contribution in [0.15, 0.2) is 60.2 Å². The summed E-state index contributed by atoms with van der Waals surface area (Å²) in [5.74, 6) is 0. The molecule has 2 fully saturated rings. The molecule has 0 saturated carbocycles. The Kier molecular flexibility index (Phi) is 10.6. The van der Waals surface area contributed by atoms with Crippen molar-refractivity contribution in [3.63, 3.8) is 0 Å². The largest absolute Gasteiger partial charge is 0.359 e. The van der Waals surface area contributed by atoms with E-state index in [1.54, 1.807) is 0 Å². The summed E-state index contributed by atoms with van der Waals surface area (Å²) in [6.45, 7) is 14.3. The maximum Gasteiger partial charge on any atom is 0.150 e. The first-order valence-electron chi connectivity index (χ1n) is 17.8. The lowest BCUT2D eigenvalue weighted by molar-refractivity contribution is -0.0386. The van der Waals surface area contributed by atoms with Gasteiger partial charge in [0.15, 0.2) is 6.23 Å². The molecule has 2 atom stereocenters. The van der Waals surface area contributed by atoms with Crippen LogP contribution in [0.1, 0.15) is 99.9 Å². The molecule has 2 aliphatic rings. The second-order valence-corrected chi connectivity index (χ2v) is 13.3. The molecule has 0 radical (unpaired) electrons. The highest BCUT2D eigenvalue weighted by molar-refractivity contribution is 6.03. The van der Waals surface area contributed by atoms with Crippen LogP contribution in [0.25, 0.3) is 39.5 Å². The summed E-state index contributed by atoms with van der Waals surface area (Å²) in [5.41, 5.74) is 14.7. The second kappa shape index (κ2) is 15.0. The first-order valence-corrected chi connectivity index (χ1v) is 17.8. The molecule has 2 aliphatic heterocycles. The van der Waals surface area contributed by atoms with E-state index in [0.29, 0.717) is 12.1 Å². The highest BCUT2D eigenvalue weighted by Crippen LogP contribution is 2.36. The smallest absolute Gasteiger partial charge is 0.150 e. The first-order chi connectivity index (χ1) is 23.3. The molecule has 7 nitrogen and oxygen atoms in total. The Labute approximate surface area is 286 Å². The molecule has 6 rings (SSSR count). The van der Waals surface area contributed by atoms with Gasteiger partial charge in [-0.05, 0) is 142 Å². The average Bonchev–Trinajstić information content (AvgIpc) is 3.46. The minimum atomic E-state index is -0.0546. The molecule has 4 aromatic rings. The van der Waals surface area contributed by atoms with E-state index in [-0.39, 0.29) is 12.5 Å². The Morgan fingerprint density at radius 3 is 2.31 bits per heavy atom. The Morgan fingerprint density at radius 2 is 1.60 bits per heavy atom. The number of nitrogens with one attached hydrogen (secondary N) is 2. The molecule has 0 aliphatic carbocycles. The van der Waals surface area contributed by atoms with Crippen molar-refractivity contribution >= 4 is 11.4 Å². The van der Waals surface area contributed by atoms with Crippen molar-refractivity contribution < 1.29 is 9.47 Å². The quantitative estimate of drug-likeness (QED) is 0.168. The van der Waals surface area contributed by atoms with Crippen molar-refractivity contribution in [1.29, 1.82) is 5.41 Å². The molecule has 4 heterocycles. The van der Waals surface area contributed by atoms with Gasteiger partial charge in [-0.2, -0.15) is 5.10 Å². The van der Waals surface area contributed by atoms with Gasteiger partial charge >= 0.3 is 0 Å². The fourth-order valence-electron chi connectivity index (χ4n) is 7.17. The number of aromatic nitrogens is 3. The van der Waals surface area contributed by atoms with Crippen LogP contribution in [0.2, 0.25) is 0 Å². The average molecular weight is 646 g/mol. The first kappa shape index (κ1) is 33.8. The van der Waals surface area contributed by atoms with E-state index in [0.717, 1.165) is 109 Å². The van der Waals surface area contributed by atoms with Crippen LogP contribution < -0.4 is 5.32 Å². The van der Waals surface area contributed by atoms with Gasteiger partial charge in [-0.15, -0.1) is 0 Å². The molecule has 2 unspecified atom stereocenters. The van der Waals surface area contributed by atoms with Crippen molar-refractivity contribution in [3.05, 3.63) is 88.1 Å². The molecule has 0 bridgehead atoms. The van der Waals surface area contributed by atoms with Gasteiger partial charge in [0.05, 0.1) is 22.8 Å². The van der Waals surface area contributed by atoms with Crippen LogP contribution in [-0.4, -0.2) is 39.9 Å². The summed E-state index contributed by atoms with van der Waals surface area (Å²) in [5, 5.41) is 17.4. The third-order valence-electron chi connectivity index (χ3n) is 9.98. The minimum Gasteiger partial charge on any atom is -0.359 e. The van der Waals surface area contributed by atoms with E-state index >= 15 is 0 Å². The van der Waals surface area contributed by atoms with Crippen molar-refractivity contribution in [3.8, 4) is 33.8 Å². The summed E-state index contributed by atoms with van der Waals surface area (Å²) in [4.78, 5) is 5.29. The third-order valence-corrected chi connectivity index (χ3v) is 9.98. The van der Waals surface area contributed by atoms with Gasteiger partial charge in [0, 0.05) is 30.2 Å². The van der Waals surface area contributed by atoms with E-state index in [4.69, 9.17) is 25.0 Å². The number of hydrogen-bond acceptors (Lipinski definition) is 6. The molecular formula is C41H51N5O2. The topological polar surface area (TPSA) is 85.0 Å². The zero-order valence-electron chi connectivity index (χ0n) is 29.6. The van der Waals surface area contributed by atoms with Gasteiger partial charge in [-0.3, -0.25) is 0 Å². The van der Waals surface area contributed by atoms with Crippen LogP contribution in [0.4, 0.5) is 0 Å². The molecule has 2 aromatic carbocycles. The van der Waals surface area contributed by atoms with E-state index < -0.39 is 0 Å². The standard InChI is InChI=1S/C41H51N5O2/c1-7-34(42)28(5)40(44-38-19-9-11-21-47-38)31-16-13-15-30(24-31)32-25-33(27(4)23-26(32)3)36-17-14-18-37(43-36)41-29(6)35(8-2)45-46(41)39-20-10-12-22-48-39/h13-18,23-25,38-39,42,44H,7-12,19-22H2,1-6H3/b40-28-,42-34?. The van der Waals surface area contributed by atoms with Crippen molar-refractivity contribution in [2.75, 3.05) is 13.2 Å². The zero-order chi connectivity index (χ0) is 33.8. The number of rotatable bonds is 10. The number of hydrogen-bond donors (Lipinski definition) is 2. The SMILES string of the molecule is CCC(=N)/C(C)=C(\NC1CCCCO1)c1cccc(-c2cc(-c3cccc(-c4c(C)c(CC)nn4C4CCCCO4)n3)c(C)cc2C)c1.